The Morgan fingerprint density at radius 1 is 0.816 bits per heavy atom. The highest BCUT2D eigenvalue weighted by atomic mass is 32.2. The Kier molecular flexibility index (Phi) is 13.4. The number of carbonyl (C=O) groups is 2. The molecule has 1 aromatic carbocycles. The van der Waals surface area contributed by atoms with Crippen LogP contribution in [0.3, 0.4) is 0 Å². The van der Waals surface area contributed by atoms with Crippen molar-refractivity contribution in [2.45, 2.75) is 111 Å². The first-order chi connectivity index (χ1) is 17.2. The average Bonchev–Trinajstić information content (AvgIpc) is 2.76. The van der Waals surface area contributed by atoms with Crippen LogP contribution in [0.5, 0.6) is 5.75 Å². The summed E-state index contributed by atoms with van der Waals surface area (Å²) >= 11 is 3.65. The van der Waals surface area contributed by atoms with Gasteiger partial charge >= 0.3 is 5.97 Å². The molecule has 0 aliphatic rings. The number of esters is 1. The van der Waals surface area contributed by atoms with Crippen molar-refractivity contribution in [2.24, 2.45) is 11.3 Å². The van der Waals surface area contributed by atoms with Gasteiger partial charge in [0, 0.05) is 34.3 Å². The van der Waals surface area contributed by atoms with Gasteiger partial charge in [-0.1, -0.05) is 27.7 Å². The lowest BCUT2D eigenvalue weighted by molar-refractivity contribution is -0.150. The third kappa shape index (κ3) is 14.4. The molecule has 0 radical (unpaired) electrons. The van der Waals surface area contributed by atoms with Crippen molar-refractivity contribution in [2.75, 3.05) is 24.7 Å². The maximum Gasteiger partial charge on any atom is 0.319 e. The second-order valence-corrected chi connectivity index (χ2v) is 16.8. The van der Waals surface area contributed by atoms with E-state index in [1.807, 2.05) is 58.1 Å². The first-order valence-corrected chi connectivity index (χ1v) is 15.6. The summed E-state index contributed by atoms with van der Waals surface area (Å²) in [5, 5.41) is 0.455. The quantitative estimate of drug-likeness (QED) is 0.120. The molecule has 0 aromatic heterocycles. The SMILES string of the molecule is CC(C)SCC(CSC(C)(C)CCOC(C)(C)C)C(=O)c1ccc(OC(=O)C(C)(C)COC(C)(C)C)cc1. The molecule has 0 aliphatic heterocycles. The Hall–Kier alpha value is -1.02. The Morgan fingerprint density at radius 2 is 1.37 bits per heavy atom. The van der Waals surface area contributed by atoms with Crippen molar-refractivity contribution < 1.29 is 23.8 Å². The molecule has 1 rings (SSSR count). The fraction of sp³-hybridized carbons (Fsp3) is 0.742. The molecule has 0 saturated carbocycles. The molecule has 218 valence electrons. The lowest BCUT2D eigenvalue weighted by atomic mass is 9.94. The smallest absolute Gasteiger partial charge is 0.319 e. The van der Waals surface area contributed by atoms with Crippen LogP contribution >= 0.6 is 23.5 Å². The molecular weight excluding hydrogens is 516 g/mol. The molecule has 0 heterocycles. The van der Waals surface area contributed by atoms with Gasteiger partial charge in [-0.15, -0.1) is 0 Å². The largest absolute Gasteiger partial charge is 0.426 e. The molecule has 0 bridgehead atoms. The predicted octanol–water partition coefficient (Wildman–Crippen LogP) is 8.09. The summed E-state index contributed by atoms with van der Waals surface area (Å²) in [7, 11) is 0. The van der Waals surface area contributed by atoms with Gasteiger partial charge in [-0.3, -0.25) is 9.59 Å². The minimum absolute atomic E-state index is 0.00778. The number of carbonyl (C=O) groups excluding carboxylic acids is 2. The van der Waals surface area contributed by atoms with Crippen molar-refractivity contribution in [1.29, 1.82) is 0 Å². The molecular formula is C31H52O5S2. The molecule has 0 N–H and O–H groups in total. The molecule has 0 aliphatic carbocycles. The third-order valence-corrected chi connectivity index (χ3v) is 8.50. The van der Waals surface area contributed by atoms with Crippen molar-refractivity contribution in [3.63, 3.8) is 0 Å². The molecule has 1 unspecified atom stereocenters. The van der Waals surface area contributed by atoms with Crippen LogP contribution in [0.4, 0.5) is 0 Å². The van der Waals surface area contributed by atoms with Crippen LogP contribution in [0.25, 0.3) is 0 Å². The van der Waals surface area contributed by atoms with Crippen molar-refractivity contribution in [1.82, 2.24) is 0 Å². The first-order valence-electron chi connectivity index (χ1n) is 13.6. The number of hydrogen-bond acceptors (Lipinski definition) is 7. The fourth-order valence-electron chi connectivity index (χ4n) is 3.13. The fourth-order valence-corrected chi connectivity index (χ4v) is 5.32. The summed E-state index contributed by atoms with van der Waals surface area (Å²) in [6.07, 6.45) is 0.921. The highest BCUT2D eigenvalue weighted by Crippen LogP contribution is 2.33. The molecule has 0 spiro atoms. The monoisotopic (exact) mass is 568 g/mol. The van der Waals surface area contributed by atoms with Gasteiger partial charge in [0.1, 0.15) is 5.75 Å². The summed E-state index contributed by atoms with van der Waals surface area (Å²) in [4.78, 5) is 26.3. The minimum atomic E-state index is -0.789. The van der Waals surface area contributed by atoms with E-state index in [2.05, 4.69) is 48.5 Å². The molecule has 0 fully saturated rings. The number of hydrogen-bond donors (Lipinski definition) is 0. The van der Waals surface area contributed by atoms with Crippen LogP contribution in [-0.2, 0) is 14.3 Å². The van der Waals surface area contributed by atoms with Gasteiger partial charge in [0.15, 0.2) is 5.78 Å². The molecule has 7 heteroatoms. The summed E-state index contributed by atoms with van der Waals surface area (Å²) in [5.74, 6) is 1.62. The third-order valence-electron chi connectivity index (χ3n) is 5.68. The standard InChI is InChI=1S/C31H52O5S2/c1-22(2)37-19-24(20-38-31(11,12)17-18-34-28(3,4)5)26(32)23-13-15-25(16-14-23)36-27(33)30(9,10)21-35-29(6,7)8/h13-16,22,24H,17-21H2,1-12H3. The Morgan fingerprint density at radius 3 is 1.87 bits per heavy atom. The van der Waals surface area contributed by atoms with E-state index in [0.717, 1.165) is 17.9 Å². The number of Topliss-reactive ketones (excluding diaryl/α,β-unsaturated/α-hetero) is 1. The summed E-state index contributed by atoms with van der Waals surface area (Å²) < 4.78 is 17.4. The number of rotatable bonds is 15. The predicted molar refractivity (Wildman–Crippen MR) is 164 cm³/mol. The van der Waals surface area contributed by atoms with E-state index >= 15 is 0 Å². The van der Waals surface area contributed by atoms with E-state index in [0.29, 0.717) is 23.2 Å². The maximum absolute atomic E-state index is 13.5. The van der Waals surface area contributed by atoms with Gasteiger partial charge in [-0.25, -0.2) is 0 Å². The lowest BCUT2D eigenvalue weighted by Gasteiger charge is -2.28. The first kappa shape index (κ1) is 35.0. The van der Waals surface area contributed by atoms with Gasteiger partial charge in [0.2, 0.25) is 0 Å². The highest BCUT2D eigenvalue weighted by Gasteiger charge is 2.32. The average molecular weight is 569 g/mol. The van der Waals surface area contributed by atoms with Crippen LogP contribution in [0.15, 0.2) is 24.3 Å². The van der Waals surface area contributed by atoms with Gasteiger partial charge in [-0.05, 0) is 91.3 Å². The minimum Gasteiger partial charge on any atom is -0.426 e. The summed E-state index contributed by atoms with van der Waals surface area (Å²) in [6, 6.07) is 6.95. The Labute approximate surface area is 240 Å². The number of thioether (sulfide) groups is 2. The van der Waals surface area contributed by atoms with Crippen LogP contribution in [0, 0.1) is 11.3 Å². The lowest BCUT2D eigenvalue weighted by Crippen LogP contribution is -2.36. The zero-order valence-corrected chi connectivity index (χ0v) is 27.5. The van der Waals surface area contributed by atoms with E-state index < -0.39 is 5.41 Å². The second-order valence-electron chi connectivity index (χ2n) is 13.4. The normalized spacial score (nSPS) is 14.0. The van der Waals surface area contributed by atoms with Gasteiger partial charge in [0.25, 0.3) is 0 Å². The molecule has 38 heavy (non-hydrogen) atoms. The topological polar surface area (TPSA) is 61.8 Å². The van der Waals surface area contributed by atoms with E-state index in [1.165, 1.54) is 0 Å². The molecule has 1 aromatic rings. The van der Waals surface area contributed by atoms with E-state index in [4.69, 9.17) is 14.2 Å². The molecule has 0 amide bonds. The van der Waals surface area contributed by atoms with Crippen LogP contribution in [0.2, 0.25) is 0 Å². The van der Waals surface area contributed by atoms with Crippen molar-refractivity contribution in [3.8, 4) is 5.75 Å². The van der Waals surface area contributed by atoms with Crippen LogP contribution < -0.4 is 4.74 Å². The van der Waals surface area contributed by atoms with Crippen LogP contribution in [0.1, 0.15) is 99.9 Å². The molecule has 0 saturated heterocycles. The van der Waals surface area contributed by atoms with E-state index in [9.17, 15) is 9.59 Å². The number of benzene rings is 1. The maximum atomic E-state index is 13.5. The zero-order chi connectivity index (χ0) is 29.4. The van der Waals surface area contributed by atoms with Crippen molar-refractivity contribution >= 4 is 35.3 Å². The Bertz CT molecular complexity index is 877. The molecule has 5 nitrogen and oxygen atoms in total. The second kappa shape index (κ2) is 14.6. The number of ether oxygens (including phenoxy) is 3. The summed E-state index contributed by atoms with van der Waals surface area (Å²) in [6.45, 7) is 25.4. The van der Waals surface area contributed by atoms with Crippen LogP contribution in [-0.4, -0.2) is 57.7 Å². The van der Waals surface area contributed by atoms with Gasteiger partial charge < -0.3 is 14.2 Å². The zero-order valence-electron chi connectivity index (χ0n) is 25.9. The number of ketones is 1. The molecule has 1 atom stereocenters. The van der Waals surface area contributed by atoms with Gasteiger partial charge in [0.05, 0.1) is 23.2 Å². The summed E-state index contributed by atoms with van der Waals surface area (Å²) in [5.41, 5.74) is -0.631. The van der Waals surface area contributed by atoms with E-state index in [1.54, 1.807) is 24.3 Å². The Balaban J connectivity index is 2.85. The van der Waals surface area contributed by atoms with E-state index in [-0.39, 0.29) is 40.2 Å². The van der Waals surface area contributed by atoms with Gasteiger partial charge in [-0.2, -0.15) is 23.5 Å². The highest BCUT2D eigenvalue weighted by molar-refractivity contribution is 8.01. The van der Waals surface area contributed by atoms with Crippen molar-refractivity contribution in [3.05, 3.63) is 29.8 Å².